The van der Waals surface area contributed by atoms with Crippen molar-refractivity contribution in [3.05, 3.63) is 11.1 Å². The molecule has 0 amide bonds. The summed E-state index contributed by atoms with van der Waals surface area (Å²) in [4.78, 5) is 10.9. The highest BCUT2D eigenvalue weighted by molar-refractivity contribution is 6.30. The zero-order valence-corrected chi connectivity index (χ0v) is 10.8. The van der Waals surface area contributed by atoms with Gasteiger partial charge < -0.3 is 5.11 Å². The van der Waals surface area contributed by atoms with Crippen molar-refractivity contribution in [1.82, 2.24) is 0 Å². The van der Waals surface area contributed by atoms with Crippen LogP contribution in [-0.4, -0.2) is 17.8 Å². The summed E-state index contributed by atoms with van der Waals surface area (Å²) in [6, 6.07) is 0. The maximum Gasteiger partial charge on any atom is 0.307 e. The molecule has 2 atom stereocenters. The summed E-state index contributed by atoms with van der Waals surface area (Å²) < 4.78 is 12.7. The van der Waals surface area contributed by atoms with Crippen LogP contribution >= 0.6 is 11.6 Å². The summed E-state index contributed by atoms with van der Waals surface area (Å²) in [5.41, 5.74) is -0.998. The third kappa shape index (κ3) is 2.24. The lowest BCUT2D eigenvalue weighted by Gasteiger charge is -2.19. The quantitative estimate of drug-likeness (QED) is 0.827. The Morgan fingerprint density at radius 2 is 2.06 bits per heavy atom. The van der Waals surface area contributed by atoms with Gasteiger partial charge in [0.2, 0.25) is 0 Å². The van der Waals surface area contributed by atoms with E-state index in [-0.39, 0.29) is 11.3 Å². The van der Waals surface area contributed by atoms with Crippen molar-refractivity contribution >= 4 is 17.6 Å². The first kappa shape index (κ1) is 13.5. The van der Waals surface area contributed by atoms with Gasteiger partial charge in [0.1, 0.15) is 0 Å². The Labute approximate surface area is 100 Å². The number of carboxylic acid groups (broad SMARTS) is 1. The molecule has 2 unspecified atom stereocenters. The van der Waals surface area contributed by atoms with Crippen molar-refractivity contribution in [3.63, 3.8) is 0 Å². The zero-order valence-electron chi connectivity index (χ0n) is 10.1. The van der Waals surface area contributed by atoms with Crippen molar-refractivity contribution in [2.45, 2.75) is 27.7 Å². The Balaban J connectivity index is 2.84. The minimum Gasteiger partial charge on any atom is -0.481 e. The number of carboxylic acids is 1. The maximum atomic E-state index is 12.7. The van der Waals surface area contributed by atoms with E-state index in [1.807, 2.05) is 13.8 Å². The van der Waals surface area contributed by atoms with E-state index in [2.05, 4.69) is 0 Å². The van der Waals surface area contributed by atoms with Crippen molar-refractivity contribution < 1.29 is 14.3 Å². The number of hydrogen-bond acceptors (Lipinski definition) is 1. The first-order chi connectivity index (χ1) is 7.14. The molecule has 1 saturated carbocycles. The van der Waals surface area contributed by atoms with Crippen LogP contribution in [0.25, 0.3) is 0 Å². The number of hydrogen-bond donors (Lipinski definition) is 1. The standard InChI is InChI=1S/C12H18ClFO2/c1-11(2,6-14)8(13)5-7-9(10(15)16)12(7,3)4/h5,7,9H,6H2,1-4H3,(H,15,16). The van der Waals surface area contributed by atoms with Gasteiger partial charge in [-0.3, -0.25) is 9.18 Å². The van der Waals surface area contributed by atoms with Gasteiger partial charge >= 0.3 is 5.97 Å². The predicted octanol–water partition coefficient (Wildman–Crippen LogP) is 3.46. The molecule has 1 N–H and O–H groups in total. The predicted molar refractivity (Wildman–Crippen MR) is 62.1 cm³/mol. The van der Waals surface area contributed by atoms with Gasteiger partial charge in [-0.15, -0.1) is 0 Å². The average molecular weight is 249 g/mol. The first-order valence-electron chi connectivity index (χ1n) is 5.31. The third-order valence-electron chi connectivity index (χ3n) is 3.48. The lowest BCUT2D eigenvalue weighted by Crippen LogP contribution is -2.14. The van der Waals surface area contributed by atoms with E-state index in [9.17, 15) is 9.18 Å². The van der Waals surface area contributed by atoms with E-state index in [4.69, 9.17) is 16.7 Å². The average Bonchev–Trinajstić information content (AvgIpc) is 2.68. The third-order valence-corrected chi connectivity index (χ3v) is 4.12. The first-order valence-corrected chi connectivity index (χ1v) is 5.69. The molecule has 1 aliphatic carbocycles. The summed E-state index contributed by atoms with van der Waals surface area (Å²) in [7, 11) is 0. The monoisotopic (exact) mass is 248 g/mol. The van der Waals surface area contributed by atoms with Gasteiger partial charge in [0.15, 0.2) is 0 Å². The molecule has 0 aromatic carbocycles. The van der Waals surface area contributed by atoms with Crippen LogP contribution in [0.15, 0.2) is 11.1 Å². The van der Waals surface area contributed by atoms with Crippen molar-refractivity contribution in [2.24, 2.45) is 22.7 Å². The topological polar surface area (TPSA) is 37.3 Å². The van der Waals surface area contributed by atoms with Crippen molar-refractivity contribution in [1.29, 1.82) is 0 Å². The summed E-state index contributed by atoms with van der Waals surface area (Å²) in [6.45, 7) is 6.64. The molecule has 1 fully saturated rings. The molecule has 16 heavy (non-hydrogen) atoms. The van der Waals surface area contributed by atoms with Gasteiger partial charge in [-0.05, 0) is 11.3 Å². The maximum absolute atomic E-state index is 12.7. The van der Waals surface area contributed by atoms with Gasteiger partial charge in [-0.1, -0.05) is 45.4 Å². The molecular formula is C12H18ClFO2. The smallest absolute Gasteiger partial charge is 0.307 e. The number of carbonyl (C=O) groups is 1. The lowest BCUT2D eigenvalue weighted by atomic mass is 9.93. The van der Waals surface area contributed by atoms with Crippen LogP contribution in [0, 0.1) is 22.7 Å². The Morgan fingerprint density at radius 1 is 1.56 bits per heavy atom. The van der Waals surface area contributed by atoms with Gasteiger partial charge in [-0.2, -0.15) is 0 Å². The van der Waals surface area contributed by atoms with E-state index in [1.165, 1.54) is 0 Å². The molecular weight excluding hydrogens is 231 g/mol. The fourth-order valence-corrected chi connectivity index (χ4v) is 2.09. The Hall–Kier alpha value is -0.570. The molecule has 92 valence electrons. The highest BCUT2D eigenvalue weighted by Gasteiger charge is 2.61. The van der Waals surface area contributed by atoms with Crippen LogP contribution < -0.4 is 0 Å². The number of aliphatic carboxylic acids is 1. The van der Waals surface area contributed by atoms with Crippen molar-refractivity contribution in [2.75, 3.05) is 6.67 Å². The van der Waals surface area contributed by atoms with Crippen LogP contribution in [0.4, 0.5) is 4.39 Å². The largest absolute Gasteiger partial charge is 0.481 e. The zero-order chi connectivity index (χ0) is 12.7. The normalized spacial score (nSPS) is 29.0. The molecule has 4 heteroatoms. The number of allylic oxidation sites excluding steroid dienone is 2. The Bertz CT molecular complexity index is 334. The van der Waals surface area contributed by atoms with Crippen LogP contribution in [0.5, 0.6) is 0 Å². The van der Waals surface area contributed by atoms with Crippen LogP contribution in [0.3, 0.4) is 0 Å². The molecule has 0 aromatic heterocycles. The molecule has 1 rings (SSSR count). The molecule has 2 nitrogen and oxygen atoms in total. The second kappa shape index (κ2) is 4.02. The molecule has 1 aliphatic rings. The Kier molecular flexibility index (Phi) is 3.39. The van der Waals surface area contributed by atoms with Gasteiger partial charge in [-0.25, -0.2) is 0 Å². The minimum absolute atomic E-state index is 0.0941. The van der Waals surface area contributed by atoms with Crippen LogP contribution in [0.1, 0.15) is 27.7 Å². The van der Waals surface area contributed by atoms with Crippen LogP contribution in [-0.2, 0) is 4.79 Å². The fourth-order valence-electron chi connectivity index (χ4n) is 1.91. The molecule has 0 aliphatic heterocycles. The van der Waals surface area contributed by atoms with Crippen molar-refractivity contribution in [3.8, 4) is 0 Å². The van der Waals surface area contributed by atoms with E-state index >= 15 is 0 Å². The van der Waals surface area contributed by atoms with E-state index in [0.29, 0.717) is 5.03 Å². The molecule has 0 spiro atoms. The second-order valence-electron chi connectivity index (χ2n) is 5.70. The summed E-state index contributed by atoms with van der Waals surface area (Å²) >= 11 is 6.03. The fraction of sp³-hybridized carbons (Fsp3) is 0.750. The lowest BCUT2D eigenvalue weighted by molar-refractivity contribution is -0.139. The summed E-state index contributed by atoms with van der Waals surface area (Å²) in [5, 5.41) is 9.40. The van der Waals surface area contributed by atoms with E-state index < -0.39 is 24.0 Å². The molecule has 0 saturated heterocycles. The second-order valence-corrected chi connectivity index (χ2v) is 6.10. The van der Waals surface area contributed by atoms with Gasteiger partial charge in [0, 0.05) is 10.4 Å². The number of alkyl halides is 1. The summed E-state index contributed by atoms with van der Waals surface area (Å²) in [6.07, 6.45) is 1.71. The highest BCUT2D eigenvalue weighted by Crippen LogP contribution is 2.60. The van der Waals surface area contributed by atoms with E-state index in [0.717, 1.165) is 0 Å². The van der Waals surface area contributed by atoms with Gasteiger partial charge in [0.25, 0.3) is 0 Å². The SMILES string of the molecule is CC(C)(CF)C(Cl)=CC1C(C(=O)O)C1(C)C. The number of halogens is 2. The van der Waals surface area contributed by atoms with Gasteiger partial charge in [0.05, 0.1) is 12.6 Å². The summed E-state index contributed by atoms with van der Waals surface area (Å²) in [5.74, 6) is -1.31. The highest BCUT2D eigenvalue weighted by atomic mass is 35.5. The van der Waals surface area contributed by atoms with Crippen LogP contribution in [0.2, 0.25) is 0 Å². The molecule has 0 aromatic rings. The minimum atomic E-state index is -0.811. The molecule has 0 radical (unpaired) electrons. The van der Waals surface area contributed by atoms with E-state index in [1.54, 1.807) is 19.9 Å². The molecule has 0 heterocycles. The number of rotatable bonds is 4. The molecule has 0 bridgehead atoms. The Morgan fingerprint density at radius 3 is 2.38 bits per heavy atom.